The van der Waals surface area contributed by atoms with Crippen molar-refractivity contribution in [2.75, 3.05) is 5.33 Å². The van der Waals surface area contributed by atoms with E-state index in [1.54, 1.807) is 0 Å². The second-order valence-corrected chi connectivity index (χ2v) is 8.56. The minimum Gasteiger partial charge on any atom is -1.00 e. The molecule has 0 aliphatic rings. The van der Waals surface area contributed by atoms with Gasteiger partial charge in [0.05, 0.1) is 0 Å². The van der Waals surface area contributed by atoms with Gasteiger partial charge in [-0.3, -0.25) is 0 Å². The molecule has 0 aromatic rings. The summed E-state index contributed by atoms with van der Waals surface area (Å²) in [6.45, 7) is 0. The standard InChI is InChI=1S/C2H2Br4.K.H/c3-1-2(4,5)6;;/h1H2;;/q;+1;-1. The average Bonchev–Trinajstić information content (AvgIpc) is 1.35. The second kappa shape index (κ2) is 6.28. The Bertz CT molecular complexity index is 43.8. The van der Waals surface area contributed by atoms with Crippen molar-refractivity contribution in [2.24, 2.45) is 0 Å². The molecule has 0 aliphatic heterocycles. The van der Waals surface area contributed by atoms with Gasteiger partial charge in [0.25, 0.3) is 0 Å². The SMILES string of the molecule is BrCC(Br)(Br)Br.[H-].[K+]. The van der Waals surface area contributed by atoms with Crippen LogP contribution in [-0.2, 0) is 0 Å². The minimum atomic E-state index is -0.104. The Balaban J connectivity index is -0.000000125. The van der Waals surface area contributed by atoms with Gasteiger partial charge < -0.3 is 1.43 Å². The van der Waals surface area contributed by atoms with Crippen LogP contribution < -0.4 is 51.4 Å². The third kappa shape index (κ3) is 12.7. The van der Waals surface area contributed by atoms with Crippen LogP contribution in [0.2, 0.25) is 0 Å². The van der Waals surface area contributed by atoms with Crippen LogP contribution in [0.3, 0.4) is 0 Å². The summed E-state index contributed by atoms with van der Waals surface area (Å²) in [5.41, 5.74) is 0. The number of halogens is 4. The number of alkyl halides is 4. The summed E-state index contributed by atoms with van der Waals surface area (Å²) in [6.07, 6.45) is 0. The van der Waals surface area contributed by atoms with Crippen LogP contribution in [0.5, 0.6) is 0 Å². The van der Waals surface area contributed by atoms with E-state index in [0.29, 0.717) is 0 Å². The van der Waals surface area contributed by atoms with Crippen molar-refractivity contribution in [1.29, 1.82) is 0 Å². The second-order valence-electron chi connectivity index (χ2n) is 0.749. The van der Waals surface area contributed by atoms with E-state index in [0.717, 1.165) is 5.33 Å². The summed E-state index contributed by atoms with van der Waals surface area (Å²) >= 11 is 13.0. The molecule has 0 spiro atoms. The van der Waals surface area contributed by atoms with Crippen molar-refractivity contribution in [2.45, 2.75) is 2.14 Å². The molecule has 0 fully saturated rings. The van der Waals surface area contributed by atoms with Gasteiger partial charge in [0.2, 0.25) is 0 Å². The Hall–Kier alpha value is 3.56. The molecule has 0 aromatic heterocycles. The van der Waals surface area contributed by atoms with Gasteiger partial charge in [-0.25, -0.2) is 0 Å². The Morgan fingerprint density at radius 2 is 1.43 bits per heavy atom. The Morgan fingerprint density at radius 1 is 1.29 bits per heavy atom. The van der Waals surface area contributed by atoms with Gasteiger partial charge in [-0.1, -0.05) is 63.7 Å². The van der Waals surface area contributed by atoms with Crippen molar-refractivity contribution in [1.82, 2.24) is 0 Å². The fourth-order valence-corrected chi connectivity index (χ4v) is 0. The van der Waals surface area contributed by atoms with E-state index in [1.165, 1.54) is 0 Å². The quantitative estimate of drug-likeness (QED) is 0.417. The molecule has 40 valence electrons. The molecule has 7 heavy (non-hydrogen) atoms. The maximum atomic E-state index is 3.26. The normalized spacial score (nSPS) is 10.3. The van der Waals surface area contributed by atoms with Crippen LogP contribution >= 0.6 is 63.7 Å². The summed E-state index contributed by atoms with van der Waals surface area (Å²) in [5, 5.41) is 0.833. The smallest absolute Gasteiger partial charge is 1.00 e. The third-order valence-corrected chi connectivity index (χ3v) is 4.09. The molecule has 0 saturated carbocycles. The fourth-order valence-electron chi connectivity index (χ4n) is 0. The number of rotatable bonds is 0. The van der Waals surface area contributed by atoms with Gasteiger partial charge in [-0.2, -0.15) is 0 Å². The molecule has 0 heterocycles. The summed E-state index contributed by atoms with van der Waals surface area (Å²) in [6, 6.07) is 0. The predicted octanol–water partition coefficient (Wildman–Crippen LogP) is 0.336. The third-order valence-electron chi connectivity index (χ3n) is 0.152. The first kappa shape index (κ1) is 13.2. The van der Waals surface area contributed by atoms with Gasteiger partial charge >= 0.3 is 51.4 Å². The van der Waals surface area contributed by atoms with Crippen molar-refractivity contribution in [3.63, 3.8) is 0 Å². The zero-order valence-corrected chi connectivity index (χ0v) is 13.2. The predicted molar refractivity (Wildman–Crippen MR) is 44.4 cm³/mol. The molecule has 0 unspecified atom stereocenters. The van der Waals surface area contributed by atoms with Crippen LogP contribution in [0.1, 0.15) is 1.43 Å². The summed E-state index contributed by atoms with van der Waals surface area (Å²) < 4.78 is -0.104. The molecule has 0 aromatic carbocycles. The van der Waals surface area contributed by atoms with Crippen molar-refractivity contribution >= 4 is 63.7 Å². The molecule has 0 rings (SSSR count). The van der Waals surface area contributed by atoms with Crippen LogP contribution in [0.4, 0.5) is 0 Å². The number of hydrogen-bond acceptors (Lipinski definition) is 0. The maximum absolute atomic E-state index is 3.26. The summed E-state index contributed by atoms with van der Waals surface area (Å²) in [4.78, 5) is 0. The van der Waals surface area contributed by atoms with Crippen LogP contribution in [0, 0.1) is 0 Å². The van der Waals surface area contributed by atoms with E-state index in [2.05, 4.69) is 63.7 Å². The largest absolute Gasteiger partial charge is 1.00 e. The van der Waals surface area contributed by atoms with Crippen LogP contribution in [-0.4, -0.2) is 7.47 Å². The van der Waals surface area contributed by atoms with Crippen LogP contribution in [0.25, 0.3) is 0 Å². The first-order valence-corrected chi connectivity index (χ1v) is 4.69. The molecule has 0 amide bonds. The van der Waals surface area contributed by atoms with E-state index < -0.39 is 0 Å². The fraction of sp³-hybridized carbons (Fsp3) is 1.00. The first-order chi connectivity index (χ1) is 2.56. The van der Waals surface area contributed by atoms with Gasteiger partial charge in [0, 0.05) is 5.33 Å². The molecule has 5 heteroatoms. The van der Waals surface area contributed by atoms with Crippen LogP contribution in [0.15, 0.2) is 0 Å². The molecule has 0 aliphatic carbocycles. The zero-order chi connectivity index (χ0) is 5.21. The van der Waals surface area contributed by atoms with Gasteiger partial charge in [-0.05, 0) is 0 Å². The van der Waals surface area contributed by atoms with Gasteiger partial charge in [0.1, 0.15) is 2.14 Å². The van der Waals surface area contributed by atoms with E-state index in [-0.39, 0.29) is 55.0 Å². The van der Waals surface area contributed by atoms with Crippen molar-refractivity contribution in [3.05, 3.63) is 0 Å². The summed E-state index contributed by atoms with van der Waals surface area (Å²) in [5.74, 6) is 0. The van der Waals surface area contributed by atoms with Crippen molar-refractivity contribution < 1.29 is 52.8 Å². The molecular weight excluding hydrogens is 383 g/mol. The number of hydrogen-bond donors (Lipinski definition) is 0. The molecule has 0 nitrogen and oxygen atoms in total. The maximum Gasteiger partial charge on any atom is 1.00 e. The van der Waals surface area contributed by atoms with E-state index in [4.69, 9.17) is 0 Å². The Labute approximate surface area is 121 Å². The molecular formula is C2H3Br4K. The van der Waals surface area contributed by atoms with Gasteiger partial charge in [0.15, 0.2) is 0 Å². The van der Waals surface area contributed by atoms with E-state index in [1.807, 2.05) is 0 Å². The molecule has 0 bridgehead atoms. The van der Waals surface area contributed by atoms with Crippen molar-refractivity contribution in [3.8, 4) is 0 Å². The summed E-state index contributed by atoms with van der Waals surface area (Å²) in [7, 11) is 0. The Kier molecular flexibility index (Phi) is 11.8. The Morgan fingerprint density at radius 3 is 1.43 bits per heavy atom. The molecule has 0 radical (unpaired) electrons. The monoisotopic (exact) mass is 382 g/mol. The molecule has 0 saturated heterocycles. The van der Waals surface area contributed by atoms with E-state index in [9.17, 15) is 0 Å². The minimum absolute atomic E-state index is 0. The zero-order valence-electron chi connectivity index (χ0n) is 4.72. The average molecular weight is 386 g/mol. The molecule has 0 atom stereocenters. The first-order valence-electron chi connectivity index (χ1n) is 1.19. The van der Waals surface area contributed by atoms with Gasteiger partial charge in [-0.15, -0.1) is 0 Å². The topological polar surface area (TPSA) is 0 Å². The molecule has 0 N–H and O–H groups in total. The van der Waals surface area contributed by atoms with E-state index >= 15 is 0 Å².